The molecule has 182 valence electrons. The van der Waals surface area contributed by atoms with Crippen LogP contribution in [0.15, 0.2) is 64.3 Å². The third-order valence-corrected chi connectivity index (χ3v) is 5.60. The van der Waals surface area contributed by atoms with Crippen molar-refractivity contribution in [3.63, 3.8) is 0 Å². The molecular formula is C24H16F3N5O4. The van der Waals surface area contributed by atoms with E-state index in [1.165, 1.54) is 37.3 Å². The molecule has 2 aromatic heterocycles. The van der Waals surface area contributed by atoms with Crippen LogP contribution in [0, 0.1) is 18.3 Å². The Labute approximate surface area is 200 Å². The third-order valence-electron chi connectivity index (χ3n) is 5.60. The minimum absolute atomic E-state index is 0.0830. The smallest absolute Gasteiger partial charge is 0.416 e. The van der Waals surface area contributed by atoms with E-state index in [0.717, 1.165) is 40.7 Å². The fourth-order valence-electron chi connectivity index (χ4n) is 3.83. The van der Waals surface area contributed by atoms with Gasteiger partial charge in [-0.25, -0.2) is 14.3 Å². The molecule has 2 aromatic carbocycles. The van der Waals surface area contributed by atoms with Gasteiger partial charge in [-0.3, -0.25) is 13.9 Å². The van der Waals surface area contributed by atoms with Gasteiger partial charge in [0.1, 0.15) is 5.56 Å². The van der Waals surface area contributed by atoms with E-state index in [1.54, 1.807) is 0 Å². The summed E-state index contributed by atoms with van der Waals surface area (Å²) < 4.78 is 42.7. The van der Waals surface area contributed by atoms with Gasteiger partial charge >= 0.3 is 17.8 Å². The SMILES string of the molecule is Cc1c(-c2c(C(=O)O)cnn2-c2ccc(C#N)cc2)c(=O)n(C)c(=O)n1-c1cccc(C(F)(F)F)c1. The average Bonchev–Trinajstić information content (AvgIpc) is 3.27. The van der Waals surface area contributed by atoms with Crippen LogP contribution in [-0.4, -0.2) is 30.0 Å². The largest absolute Gasteiger partial charge is 0.478 e. The number of benzene rings is 2. The molecule has 4 aromatic rings. The van der Waals surface area contributed by atoms with E-state index in [9.17, 15) is 32.7 Å². The van der Waals surface area contributed by atoms with Crippen molar-refractivity contribution >= 4 is 5.97 Å². The first-order valence-electron chi connectivity index (χ1n) is 10.3. The van der Waals surface area contributed by atoms with Crippen molar-refractivity contribution in [2.45, 2.75) is 13.1 Å². The minimum atomic E-state index is -4.68. The second-order valence-corrected chi connectivity index (χ2v) is 7.77. The molecule has 0 aliphatic carbocycles. The predicted octanol–water partition coefficient (Wildman–Crippen LogP) is 3.29. The summed E-state index contributed by atoms with van der Waals surface area (Å²) in [4.78, 5) is 38.3. The molecule has 0 fully saturated rings. The van der Waals surface area contributed by atoms with Gasteiger partial charge in [-0.05, 0) is 49.4 Å². The second kappa shape index (κ2) is 8.70. The first kappa shape index (κ1) is 24.2. The van der Waals surface area contributed by atoms with Gasteiger partial charge in [-0.1, -0.05) is 6.07 Å². The van der Waals surface area contributed by atoms with Crippen LogP contribution in [-0.2, 0) is 13.2 Å². The van der Waals surface area contributed by atoms with Crippen molar-refractivity contribution < 1.29 is 23.1 Å². The van der Waals surface area contributed by atoms with Crippen LogP contribution in [0.25, 0.3) is 22.6 Å². The Balaban J connectivity index is 2.08. The van der Waals surface area contributed by atoms with Gasteiger partial charge in [-0.2, -0.15) is 23.5 Å². The van der Waals surface area contributed by atoms with Crippen molar-refractivity contribution in [2.75, 3.05) is 0 Å². The molecular weight excluding hydrogens is 479 g/mol. The van der Waals surface area contributed by atoms with Crippen LogP contribution < -0.4 is 11.2 Å². The van der Waals surface area contributed by atoms with Crippen molar-refractivity contribution in [3.8, 4) is 28.7 Å². The summed E-state index contributed by atoms with van der Waals surface area (Å²) >= 11 is 0. The maximum absolute atomic E-state index is 13.3. The van der Waals surface area contributed by atoms with Crippen molar-refractivity contribution in [2.24, 2.45) is 7.05 Å². The molecule has 0 radical (unpaired) electrons. The Morgan fingerprint density at radius 1 is 1.08 bits per heavy atom. The van der Waals surface area contributed by atoms with E-state index in [4.69, 9.17) is 5.26 Å². The monoisotopic (exact) mass is 495 g/mol. The highest BCUT2D eigenvalue weighted by Crippen LogP contribution is 2.31. The van der Waals surface area contributed by atoms with Gasteiger partial charge in [-0.15, -0.1) is 0 Å². The van der Waals surface area contributed by atoms with Crippen molar-refractivity contribution in [3.05, 3.63) is 98.0 Å². The Hall–Kier alpha value is -4.92. The van der Waals surface area contributed by atoms with E-state index in [-0.39, 0.29) is 28.2 Å². The van der Waals surface area contributed by atoms with Gasteiger partial charge in [0.2, 0.25) is 0 Å². The van der Waals surface area contributed by atoms with Crippen LogP contribution in [0.3, 0.4) is 0 Å². The Morgan fingerprint density at radius 2 is 1.75 bits per heavy atom. The summed E-state index contributed by atoms with van der Waals surface area (Å²) in [7, 11) is 1.14. The lowest BCUT2D eigenvalue weighted by Crippen LogP contribution is -2.40. The Kier molecular flexibility index (Phi) is 5.85. The zero-order chi connectivity index (χ0) is 26.4. The maximum Gasteiger partial charge on any atom is 0.416 e. The number of nitriles is 1. The molecule has 12 heteroatoms. The molecule has 0 saturated carbocycles. The summed E-state index contributed by atoms with van der Waals surface area (Å²) in [6.07, 6.45) is -3.66. The second-order valence-electron chi connectivity index (χ2n) is 7.77. The molecule has 0 aliphatic rings. The molecule has 9 nitrogen and oxygen atoms in total. The lowest BCUT2D eigenvalue weighted by molar-refractivity contribution is -0.137. The van der Waals surface area contributed by atoms with E-state index in [1.807, 2.05) is 6.07 Å². The minimum Gasteiger partial charge on any atom is -0.478 e. The summed E-state index contributed by atoms with van der Waals surface area (Å²) in [5.74, 6) is -1.41. The molecule has 0 unspecified atom stereocenters. The molecule has 0 saturated heterocycles. The Bertz CT molecular complexity index is 1670. The number of carboxylic acid groups (broad SMARTS) is 1. The highest BCUT2D eigenvalue weighted by atomic mass is 19.4. The van der Waals surface area contributed by atoms with Gasteiger partial charge in [0.05, 0.1) is 46.0 Å². The van der Waals surface area contributed by atoms with Crippen LogP contribution in [0.5, 0.6) is 0 Å². The summed E-state index contributed by atoms with van der Waals surface area (Å²) in [6, 6.07) is 11.9. The fraction of sp³-hybridized carbons (Fsp3) is 0.125. The molecule has 0 aliphatic heterocycles. The number of alkyl halides is 3. The average molecular weight is 495 g/mol. The fourth-order valence-corrected chi connectivity index (χ4v) is 3.83. The van der Waals surface area contributed by atoms with E-state index < -0.39 is 29.0 Å². The zero-order valence-corrected chi connectivity index (χ0v) is 18.7. The third kappa shape index (κ3) is 3.96. The van der Waals surface area contributed by atoms with Crippen LogP contribution in [0.4, 0.5) is 13.2 Å². The van der Waals surface area contributed by atoms with E-state index >= 15 is 0 Å². The number of hydrogen-bond acceptors (Lipinski definition) is 5. The van der Waals surface area contributed by atoms with Crippen molar-refractivity contribution in [1.29, 1.82) is 5.26 Å². The molecule has 0 spiro atoms. The number of carboxylic acids is 1. The number of carbonyl (C=O) groups is 1. The van der Waals surface area contributed by atoms with Gasteiger partial charge in [0.25, 0.3) is 5.56 Å². The number of rotatable bonds is 4. The topological polar surface area (TPSA) is 123 Å². The number of halogens is 3. The molecule has 0 amide bonds. The summed E-state index contributed by atoms with van der Waals surface area (Å²) in [6.45, 7) is 1.33. The summed E-state index contributed by atoms with van der Waals surface area (Å²) in [5, 5.41) is 22.9. The molecule has 0 bridgehead atoms. The quantitative estimate of drug-likeness (QED) is 0.464. The lowest BCUT2D eigenvalue weighted by atomic mass is 10.1. The molecule has 36 heavy (non-hydrogen) atoms. The summed E-state index contributed by atoms with van der Waals surface area (Å²) in [5.41, 5.74) is -3.17. The standard InChI is InChI=1S/C24H16F3N5O4/c1-13-19(20-18(22(34)35)12-29-32(20)16-8-6-14(11-28)7-9-16)21(33)30(2)23(36)31(13)17-5-3-4-15(10-17)24(25,26)27/h3-10,12H,1-2H3,(H,34,35). The molecule has 2 heterocycles. The van der Waals surface area contributed by atoms with Crippen LogP contribution in [0.2, 0.25) is 0 Å². The highest BCUT2D eigenvalue weighted by Gasteiger charge is 2.31. The first-order chi connectivity index (χ1) is 17.0. The lowest BCUT2D eigenvalue weighted by Gasteiger charge is -2.18. The van der Waals surface area contributed by atoms with E-state index in [2.05, 4.69) is 5.10 Å². The van der Waals surface area contributed by atoms with E-state index in [0.29, 0.717) is 15.8 Å². The van der Waals surface area contributed by atoms with Crippen LogP contribution >= 0.6 is 0 Å². The molecule has 4 rings (SSSR count). The van der Waals surface area contributed by atoms with Gasteiger partial charge < -0.3 is 5.11 Å². The zero-order valence-electron chi connectivity index (χ0n) is 18.7. The Morgan fingerprint density at radius 3 is 2.33 bits per heavy atom. The number of hydrogen-bond donors (Lipinski definition) is 1. The predicted molar refractivity (Wildman–Crippen MR) is 121 cm³/mol. The normalized spacial score (nSPS) is 11.3. The van der Waals surface area contributed by atoms with Crippen molar-refractivity contribution in [1.82, 2.24) is 18.9 Å². The highest BCUT2D eigenvalue weighted by molar-refractivity contribution is 5.95. The van der Waals surface area contributed by atoms with Gasteiger partial charge in [0, 0.05) is 12.7 Å². The number of aromatic nitrogens is 4. The molecule has 0 atom stereocenters. The van der Waals surface area contributed by atoms with Crippen LogP contribution in [0.1, 0.15) is 27.2 Å². The first-order valence-corrected chi connectivity index (χ1v) is 10.3. The molecule has 1 N–H and O–H groups in total. The number of aromatic carboxylic acids is 1. The maximum atomic E-state index is 13.3. The van der Waals surface area contributed by atoms with Gasteiger partial charge in [0.15, 0.2) is 0 Å². The number of nitrogens with zero attached hydrogens (tertiary/aromatic N) is 5.